The third-order valence-corrected chi connectivity index (χ3v) is 7.74. The van der Waals surface area contributed by atoms with Crippen LogP contribution >= 0.6 is 0 Å². The Labute approximate surface area is 209 Å². The number of hydrogen-bond acceptors (Lipinski definition) is 5. The normalized spacial score (nSPS) is 21.0. The molecule has 1 atom stereocenters. The fraction of sp³-hybridized carbons (Fsp3) is 0.517. The van der Waals surface area contributed by atoms with Crippen molar-refractivity contribution in [3.05, 3.63) is 65.0 Å². The van der Waals surface area contributed by atoms with Crippen LogP contribution in [0.5, 0.6) is 0 Å². The van der Waals surface area contributed by atoms with Crippen molar-refractivity contribution >= 4 is 5.91 Å². The number of amides is 1. The molecule has 2 saturated heterocycles. The van der Waals surface area contributed by atoms with E-state index in [4.69, 9.17) is 0 Å². The van der Waals surface area contributed by atoms with Crippen LogP contribution in [0.2, 0.25) is 0 Å². The number of likely N-dealkylation sites (tertiary alicyclic amines) is 2. The summed E-state index contributed by atoms with van der Waals surface area (Å²) in [5, 5.41) is 23.3. The first-order chi connectivity index (χ1) is 16.5. The van der Waals surface area contributed by atoms with Gasteiger partial charge in [-0.15, -0.1) is 0 Å². The number of benzene rings is 1. The Morgan fingerprint density at radius 2 is 1.74 bits per heavy atom. The van der Waals surface area contributed by atoms with E-state index in [1.165, 1.54) is 5.56 Å². The molecule has 6 nitrogen and oxygen atoms in total. The number of carbonyl (C=O) groups excluding carboxylic acids is 1. The summed E-state index contributed by atoms with van der Waals surface area (Å²) in [5.41, 5.74) is 0.686. The molecule has 0 saturated carbocycles. The van der Waals surface area contributed by atoms with E-state index in [0.29, 0.717) is 43.0 Å². The third kappa shape index (κ3) is 4.86. The van der Waals surface area contributed by atoms with Crippen LogP contribution in [0.3, 0.4) is 0 Å². The Hall–Kier alpha value is -2.72. The molecule has 0 aliphatic carbocycles. The maximum atomic E-state index is 12.4. The molecule has 6 heteroatoms. The van der Waals surface area contributed by atoms with E-state index in [0.717, 1.165) is 18.7 Å². The minimum Gasteiger partial charge on any atom is -0.380 e. The highest BCUT2D eigenvalue weighted by Gasteiger charge is 2.55. The average molecular weight is 476 g/mol. The van der Waals surface area contributed by atoms with Crippen LogP contribution in [0.1, 0.15) is 68.7 Å². The second kappa shape index (κ2) is 9.39. The zero-order valence-electron chi connectivity index (χ0n) is 21.5. The zero-order valence-corrected chi connectivity index (χ0v) is 21.5. The predicted octanol–water partition coefficient (Wildman–Crippen LogP) is 3.12. The topological polar surface area (TPSA) is 76.9 Å². The van der Waals surface area contributed by atoms with Crippen molar-refractivity contribution < 1.29 is 15.0 Å². The molecule has 2 N–H and O–H groups in total. The molecular formula is C29H37N3O3. The standard InChI is InChI=1S/C29H37N3O3/c1-21(2)24-6-8-25(9-7-24)29(35,27(4)19-31(5)20-27)26-16-23(17-30-18-26)10-11-28(34)12-14-32(15-13-28)22(3)33/h6-9,16-18,21,34-35H,12-15,19-20H2,1-5H3. The van der Waals surface area contributed by atoms with Crippen LogP contribution in [0, 0.1) is 17.3 Å². The second-order valence-electron chi connectivity index (χ2n) is 11.0. The Balaban J connectivity index is 1.67. The molecule has 2 fully saturated rings. The van der Waals surface area contributed by atoms with Gasteiger partial charge in [0.25, 0.3) is 0 Å². The number of carbonyl (C=O) groups is 1. The fourth-order valence-corrected chi connectivity index (χ4v) is 5.56. The van der Waals surface area contributed by atoms with Crippen molar-refractivity contribution in [3.8, 4) is 11.8 Å². The number of piperidine rings is 1. The van der Waals surface area contributed by atoms with Gasteiger partial charge in [-0.2, -0.15) is 0 Å². The maximum absolute atomic E-state index is 12.4. The molecule has 1 amide bonds. The summed E-state index contributed by atoms with van der Waals surface area (Å²) < 4.78 is 0. The molecule has 0 spiro atoms. The van der Waals surface area contributed by atoms with Crippen LogP contribution in [-0.2, 0) is 10.4 Å². The van der Waals surface area contributed by atoms with Crippen molar-refractivity contribution in [3.63, 3.8) is 0 Å². The molecule has 186 valence electrons. The summed E-state index contributed by atoms with van der Waals surface area (Å²) in [4.78, 5) is 20.0. The van der Waals surface area contributed by atoms with Gasteiger partial charge >= 0.3 is 0 Å². The molecule has 0 bridgehead atoms. The van der Waals surface area contributed by atoms with Gasteiger partial charge in [0.05, 0.1) is 0 Å². The van der Waals surface area contributed by atoms with Gasteiger partial charge in [0, 0.05) is 74.9 Å². The quantitative estimate of drug-likeness (QED) is 0.665. The van der Waals surface area contributed by atoms with Gasteiger partial charge < -0.3 is 20.0 Å². The molecule has 1 unspecified atom stereocenters. The average Bonchev–Trinajstić information content (AvgIpc) is 2.82. The number of hydrogen-bond donors (Lipinski definition) is 2. The first kappa shape index (κ1) is 25.4. The van der Waals surface area contributed by atoms with E-state index < -0.39 is 11.2 Å². The van der Waals surface area contributed by atoms with E-state index in [-0.39, 0.29) is 11.3 Å². The van der Waals surface area contributed by atoms with Crippen molar-refractivity contribution in [1.82, 2.24) is 14.8 Å². The summed E-state index contributed by atoms with van der Waals surface area (Å²) in [6, 6.07) is 10.1. The number of pyridine rings is 1. The van der Waals surface area contributed by atoms with Crippen molar-refractivity contribution in [2.45, 2.75) is 57.7 Å². The lowest BCUT2D eigenvalue weighted by atomic mass is 9.62. The fourth-order valence-electron chi connectivity index (χ4n) is 5.56. The summed E-state index contributed by atoms with van der Waals surface area (Å²) in [6.45, 7) is 10.5. The highest BCUT2D eigenvalue weighted by molar-refractivity contribution is 5.73. The van der Waals surface area contributed by atoms with Gasteiger partial charge in [-0.25, -0.2) is 0 Å². The van der Waals surface area contributed by atoms with Gasteiger partial charge in [-0.1, -0.05) is 56.9 Å². The number of rotatable bonds is 4. The zero-order chi connectivity index (χ0) is 25.4. The van der Waals surface area contributed by atoms with Gasteiger partial charge in [-0.05, 0) is 30.2 Å². The Morgan fingerprint density at radius 3 is 2.29 bits per heavy atom. The highest BCUT2D eigenvalue weighted by atomic mass is 16.3. The second-order valence-corrected chi connectivity index (χ2v) is 11.0. The van der Waals surface area contributed by atoms with Crippen molar-refractivity contribution in [2.75, 3.05) is 33.2 Å². The van der Waals surface area contributed by atoms with E-state index >= 15 is 0 Å². The van der Waals surface area contributed by atoms with Crippen LogP contribution in [-0.4, -0.2) is 69.7 Å². The molecule has 1 aromatic heterocycles. The smallest absolute Gasteiger partial charge is 0.219 e. The van der Waals surface area contributed by atoms with Gasteiger partial charge in [0.1, 0.15) is 11.2 Å². The summed E-state index contributed by atoms with van der Waals surface area (Å²) in [6.07, 6.45) is 4.24. The molecule has 4 rings (SSSR count). The number of aromatic nitrogens is 1. The molecule has 0 radical (unpaired) electrons. The maximum Gasteiger partial charge on any atom is 0.219 e. The lowest BCUT2D eigenvalue weighted by molar-refractivity contribution is -0.131. The van der Waals surface area contributed by atoms with Gasteiger partial charge in [0.15, 0.2) is 0 Å². The van der Waals surface area contributed by atoms with Gasteiger partial charge in [0.2, 0.25) is 5.91 Å². The van der Waals surface area contributed by atoms with E-state index in [9.17, 15) is 15.0 Å². The Bertz CT molecular complexity index is 1130. The molecule has 2 aliphatic rings. The van der Waals surface area contributed by atoms with Crippen LogP contribution in [0.25, 0.3) is 0 Å². The monoisotopic (exact) mass is 475 g/mol. The Kier molecular flexibility index (Phi) is 6.80. The number of nitrogens with zero attached hydrogens (tertiary/aromatic N) is 3. The highest BCUT2D eigenvalue weighted by Crippen LogP contribution is 2.50. The number of aliphatic hydroxyl groups is 2. The predicted molar refractivity (Wildman–Crippen MR) is 137 cm³/mol. The minimum absolute atomic E-state index is 0.0211. The minimum atomic E-state index is -1.23. The van der Waals surface area contributed by atoms with E-state index in [1.807, 2.05) is 18.2 Å². The molecule has 2 aromatic rings. The van der Waals surface area contributed by atoms with Gasteiger partial charge in [-0.3, -0.25) is 9.78 Å². The van der Waals surface area contributed by atoms with Crippen molar-refractivity contribution in [2.24, 2.45) is 5.41 Å². The summed E-state index contributed by atoms with van der Waals surface area (Å²) in [5.74, 6) is 6.55. The first-order valence-electron chi connectivity index (χ1n) is 12.4. The van der Waals surface area contributed by atoms with Crippen molar-refractivity contribution in [1.29, 1.82) is 0 Å². The Morgan fingerprint density at radius 1 is 1.11 bits per heavy atom. The SMILES string of the molecule is CC(=O)N1CCC(O)(C#Cc2cncc(C(O)(c3ccc(C(C)C)cc3)C3(C)CN(C)C3)c2)CC1. The lowest BCUT2D eigenvalue weighted by Gasteiger charge is -2.55. The largest absolute Gasteiger partial charge is 0.380 e. The summed E-state index contributed by atoms with van der Waals surface area (Å²) in [7, 11) is 2.06. The lowest BCUT2D eigenvalue weighted by Crippen LogP contribution is -2.63. The van der Waals surface area contributed by atoms with Crippen LogP contribution < -0.4 is 0 Å². The van der Waals surface area contributed by atoms with Crippen LogP contribution in [0.15, 0.2) is 42.7 Å². The molecule has 1 aromatic carbocycles. The molecule has 2 aliphatic heterocycles. The van der Waals surface area contributed by atoms with E-state index in [2.05, 4.69) is 61.7 Å². The first-order valence-corrected chi connectivity index (χ1v) is 12.4. The van der Waals surface area contributed by atoms with E-state index in [1.54, 1.807) is 24.2 Å². The third-order valence-electron chi connectivity index (χ3n) is 7.74. The molecular weight excluding hydrogens is 438 g/mol. The van der Waals surface area contributed by atoms with Crippen LogP contribution in [0.4, 0.5) is 0 Å². The molecule has 35 heavy (non-hydrogen) atoms. The molecule has 3 heterocycles. The summed E-state index contributed by atoms with van der Waals surface area (Å²) >= 11 is 0.